The summed E-state index contributed by atoms with van der Waals surface area (Å²) < 4.78 is 5.26. The molecule has 1 heterocycles. The molecule has 1 unspecified atom stereocenters. The quantitative estimate of drug-likeness (QED) is 0.685. The minimum atomic E-state index is -0.565. The summed E-state index contributed by atoms with van der Waals surface area (Å²) in [5.74, 6) is -0.120. The maximum Gasteiger partial charge on any atom is 0.326 e. The van der Waals surface area contributed by atoms with Gasteiger partial charge in [0, 0.05) is 19.6 Å². The minimum absolute atomic E-state index is 0.120. The van der Waals surface area contributed by atoms with Crippen LogP contribution < -0.4 is 5.32 Å². The van der Waals surface area contributed by atoms with Gasteiger partial charge in [0.2, 0.25) is 0 Å². The van der Waals surface area contributed by atoms with E-state index in [0.29, 0.717) is 6.61 Å². The molecule has 1 atom stereocenters. The van der Waals surface area contributed by atoms with E-state index in [4.69, 9.17) is 4.74 Å². The van der Waals surface area contributed by atoms with Crippen LogP contribution in [0.2, 0.25) is 0 Å². The van der Waals surface area contributed by atoms with Crippen LogP contribution in [0.3, 0.4) is 0 Å². The average Bonchev–Trinajstić information content (AvgIpc) is 2.68. The molecule has 0 aromatic rings. The van der Waals surface area contributed by atoms with Crippen molar-refractivity contribution in [3.8, 4) is 0 Å². The minimum Gasteiger partial charge on any atom is -0.465 e. The monoisotopic (exact) mass is 299 g/mol. The van der Waals surface area contributed by atoms with Gasteiger partial charge in [-0.05, 0) is 59.8 Å². The second-order valence-corrected chi connectivity index (χ2v) is 6.23. The molecule has 5 heteroatoms. The van der Waals surface area contributed by atoms with Crippen molar-refractivity contribution in [2.45, 2.75) is 45.6 Å². The smallest absolute Gasteiger partial charge is 0.326 e. The normalized spacial score (nSPS) is 20.8. The maximum atomic E-state index is 12.3. The van der Waals surface area contributed by atoms with Gasteiger partial charge in [0.1, 0.15) is 5.54 Å². The Kier molecular flexibility index (Phi) is 8.22. The molecule has 1 rings (SSSR count). The number of likely N-dealkylation sites (N-methyl/N-ethyl adjacent to an activating group) is 1. The Labute approximate surface area is 130 Å². The first kappa shape index (κ1) is 18.4. The van der Waals surface area contributed by atoms with Crippen LogP contribution in [0, 0.1) is 0 Å². The summed E-state index contributed by atoms with van der Waals surface area (Å²) in [4.78, 5) is 17.1. The molecule has 0 aromatic heterocycles. The highest BCUT2D eigenvalue weighted by atomic mass is 16.5. The van der Waals surface area contributed by atoms with Gasteiger partial charge in [0.25, 0.3) is 0 Å². The Morgan fingerprint density at radius 2 is 2.00 bits per heavy atom. The van der Waals surface area contributed by atoms with E-state index in [9.17, 15) is 4.79 Å². The molecule has 0 radical (unpaired) electrons. The average molecular weight is 299 g/mol. The molecule has 1 aliphatic heterocycles. The van der Waals surface area contributed by atoms with Crippen LogP contribution in [0.1, 0.15) is 40.0 Å². The van der Waals surface area contributed by atoms with Gasteiger partial charge in [-0.2, -0.15) is 0 Å². The van der Waals surface area contributed by atoms with Crippen LogP contribution in [-0.4, -0.2) is 74.2 Å². The van der Waals surface area contributed by atoms with Crippen LogP contribution in [0.4, 0.5) is 0 Å². The molecule has 1 aliphatic rings. The van der Waals surface area contributed by atoms with E-state index in [2.05, 4.69) is 29.1 Å². The second kappa shape index (κ2) is 9.38. The number of carbonyl (C=O) groups excluding carboxylic acids is 1. The van der Waals surface area contributed by atoms with E-state index in [1.165, 1.54) is 13.0 Å². The summed E-state index contributed by atoms with van der Waals surface area (Å²) in [5, 5.41) is 3.38. The number of carbonyl (C=O) groups is 1. The van der Waals surface area contributed by atoms with Gasteiger partial charge in [0.05, 0.1) is 6.61 Å². The number of ether oxygens (including phenoxy) is 1. The summed E-state index contributed by atoms with van der Waals surface area (Å²) in [5.41, 5.74) is -0.565. The molecule has 1 fully saturated rings. The van der Waals surface area contributed by atoms with E-state index >= 15 is 0 Å². The summed E-state index contributed by atoms with van der Waals surface area (Å²) in [6.45, 7) is 12.7. The zero-order valence-electron chi connectivity index (χ0n) is 14.3. The van der Waals surface area contributed by atoms with Crippen LogP contribution >= 0.6 is 0 Å². The van der Waals surface area contributed by atoms with E-state index in [1.54, 1.807) is 0 Å². The molecular weight excluding hydrogens is 266 g/mol. The Morgan fingerprint density at radius 1 is 1.24 bits per heavy atom. The second-order valence-electron chi connectivity index (χ2n) is 6.23. The van der Waals surface area contributed by atoms with Crippen LogP contribution in [0.25, 0.3) is 0 Å². The van der Waals surface area contributed by atoms with Crippen LogP contribution in [0.5, 0.6) is 0 Å². The van der Waals surface area contributed by atoms with Gasteiger partial charge in [-0.15, -0.1) is 0 Å². The molecule has 0 spiro atoms. The van der Waals surface area contributed by atoms with Crippen molar-refractivity contribution in [1.82, 2.24) is 15.1 Å². The Hall–Kier alpha value is -0.650. The third kappa shape index (κ3) is 6.32. The highest BCUT2D eigenvalue weighted by Gasteiger charge is 2.34. The molecule has 21 heavy (non-hydrogen) atoms. The first-order chi connectivity index (χ1) is 10.0. The van der Waals surface area contributed by atoms with Crippen molar-refractivity contribution >= 4 is 5.97 Å². The number of hydrogen-bond donors (Lipinski definition) is 1. The first-order valence-corrected chi connectivity index (χ1v) is 8.35. The fraction of sp³-hybridized carbons (Fsp3) is 0.938. The number of nitrogens with one attached hydrogen (secondary N) is 1. The Bertz CT molecular complexity index is 312. The van der Waals surface area contributed by atoms with Crippen molar-refractivity contribution in [3.63, 3.8) is 0 Å². The van der Waals surface area contributed by atoms with Crippen LogP contribution in [0.15, 0.2) is 0 Å². The van der Waals surface area contributed by atoms with Gasteiger partial charge in [-0.25, -0.2) is 0 Å². The molecule has 1 saturated heterocycles. The molecule has 0 amide bonds. The van der Waals surface area contributed by atoms with Gasteiger partial charge >= 0.3 is 5.97 Å². The third-order valence-corrected chi connectivity index (χ3v) is 4.23. The number of esters is 1. The van der Waals surface area contributed by atoms with Crippen molar-refractivity contribution < 1.29 is 9.53 Å². The predicted octanol–water partition coefficient (Wildman–Crippen LogP) is 1.34. The van der Waals surface area contributed by atoms with Gasteiger partial charge in [-0.1, -0.05) is 6.92 Å². The first-order valence-electron chi connectivity index (χ1n) is 8.35. The summed E-state index contributed by atoms with van der Waals surface area (Å²) >= 11 is 0. The highest BCUT2D eigenvalue weighted by molar-refractivity contribution is 5.80. The lowest BCUT2D eigenvalue weighted by Crippen LogP contribution is -2.52. The topological polar surface area (TPSA) is 44.8 Å². The SMILES string of the molecule is CCCNC(C)(CCN1CCCN(C)CC1)C(=O)OCC. The van der Waals surface area contributed by atoms with Gasteiger partial charge in [-0.3, -0.25) is 4.79 Å². The molecule has 1 N–H and O–H groups in total. The molecule has 0 bridgehead atoms. The summed E-state index contributed by atoms with van der Waals surface area (Å²) in [6, 6.07) is 0. The maximum absolute atomic E-state index is 12.3. The van der Waals surface area contributed by atoms with Gasteiger partial charge in [0.15, 0.2) is 0 Å². The standard InChI is InChI=1S/C16H33N3O2/c1-5-9-17-16(3,15(20)21-6-2)8-12-19-11-7-10-18(4)13-14-19/h17H,5-14H2,1-4H3. The highest BCUT2D eigenvalue weighted by Crippen LogP contribution is 2.14. The molecule has 124 valence electrons. The third-order valence-electron chi connectivity index (χ3n) is 4.23. The fourth-order valence-corrected chi connectivity index (χ4v) is 2.66. The lowest BCUT2D eigenvalue weighted by molar-refractivity contribution is -0.151. The van der Waals surface area contributed by atoms with E-state index in [1.807, 2.05) is 13.8 Å². The zero-order valence-corrected chi connectivity index (χ0v) is 14.3. The Balaban J connectivity index is 2.53. The number of nitrogens with zero attached hydrogens (tertiary/aromatic N) is 2. The van der Waals surface area contributed by atoms with E-state index < -0.39 is 5.54 Å². The van der Waals surface area contributed by atoms with Crippen molar-refractivity contribution in [2.75, 3.05) is 52.9 Å². The summed E-state index contributed by atoms with van der Waals surface area (Å²) in [7, 11) is 2.18. The predicted molar refractivity (Wildman–Crippen MR) is 86.5 cm³/mol. The zero-order chi connectivity index (χ0) is 15.7. The van der Waals surface area contributed by atoms with E-state index in [-0.39, 0.29) is 5.97 Å². The van der Waals surface area contributed by atoms with Crippen molar-refractivity contribution in [3.05, 3.63) is 0 Å². The number of hydrogen-bond acceptors (Lipinski definition) is 5. The molecular formula is C16H33N3O2. The van der Waals surface area contributed by atoms with Gasteiger partial charge < -0.3 is 19.9 Å². The largest absolute Gasteiger partial charge is 0.465 e. The van der Waals surface area contributed by atoms with Crippen LogP contribution in [-0.2, 0) is 9.53 Å². The lowest BCUT2D eigenvalue weighted by Gasteiger charge is -2.31. The molecule has 5 nitrogen and oxygen atoms in total. The lowest BCUT2D eigenvalue weighted by atomic mass is 9.97. The Morgan fingerprint density at radius 3 is 2.67 bits per heavy atom. The molecule has 0 aliphatic carbocycles. The number of rotatable bonds is 8. The molecule has 0 saturated carbocycles. The van der Waals surface area contributed by atoms with Crippen molar-refractivity contribution in [2.24, 2.45) is 0 Å². The summed E-state index contributed by atoms with van der Waals surface area (Å²) in [6.07, 6.45) is 3.02. The van der Waals surface area contributed by atoms with Crippen molar-refractivity contribution in [1.29, 1.82) is 0 Å². The fourth-order valence-electron chi connectivity index (χ4n) is 2.66. The molecule has 0 aromatic carbocycles. The van der Waals surface area contributed by atoms with E-state index in [0.717, 1.165) is 45.6 Å².